The smallest absolute Gasteiger partial charge is 0.372 e. The van der Waals surface area contributed by atoms with Gasteiger partial charge in [0.25, 0.3) is 11.8 Å². The van der Waals surface area contributed by atoms with Gasteiger partial charge < -0.3 is 36.6 Å². The Bertz CT molecular complexity index is 2190. The summed E-state index contributed by atoms with van der Waals surface area (Å²) in [5.74, 6) is -7.99. The van der Waals surface area contributed by atoms with Crippen LogP contribution < -0.4 is 27.0 Å². The van der Waals surface area contributed by atoms with Crippen LogP contribution in [0.25, 0.3) is 0 Å². The van der Waals surface area contributed by atoms with E-state index in [1.54, 1.807) is 67.6 Å². The van der Waals surface area contributed by atoms with Crippen molar-refractivity contribution in [1.29, 1.82) is 0 Å². The number of rotatable bonds is 18. The van der Waals surface area contributed by atoms with Gasteiger partial charge in [-0.2, -0.15) is 26.3 Å². The third kappa shape index (κ3) is 13.4. The fourth-order valence-electron chi connectivity index (χ4n) is 8.01. The number of nitrogens with zero attached hydrogens (tertiary/aromatic N) is 1. The number of ketones is 1. The van der Waals surface area contributed by atoms with Crippen LogP contribution in [0.2, 0.25) is 0 Å². The molecule has 6 amide bonds. The number of primary amides is 1. The average molecular weight is 917 g/mol. The molecule has 0 radical (unpaired) electrons. The fraction of sp³-hybridized carbons (Fsp3) is 0.444. The predicted molar refractivity (Wildman–Crippen MR) is 221 cm³/mol. The summed E-state index contributed by atoms with van der Waals surface area (Å²) < 4.78 is 89.0. The summed E-state index contributed by atoms with van der Waals surface area (Å²) in [6.07, 6.45) is -8.63. The molecule has 3 aromatic rings. The predicted octanol–water partition coefficient (Wildman–Crippen LogP) is 4.90. The van der Waals surface area contributed by atoms with E-state index < -0.39 is 113 Å². The second-order valence-corrected chi connectivity index (χ2v) is 16.0. The highest BCUT2D eigenvalue weighted by molar-refractivity contribution is 6.38. The lowest BCUT2D eigenvalue weighted by Gasteiger charge is -2.35. The van der Waals surface area contributed by atoms with Crippen molar-refractivity contribution in [3.05, 3.63) is 107 Å². The first-order chi connectivity index (χ1) is 30.8. The average Bonchev–Trinajstić information content (AvgIpc) is 3.72. The van der Waals surface area contributed by atoms with Gasteiger partial charge in [-0.25, -0.2) is 0 Å². The van der Waals surface area contributed by atoms with Gasteiger partial charge in [-0.3, -0.25) is 33.6 Å². The first-order valence-electron chi connectivity index (χ1n) is 21.1. The van der Waals surface area contributed by atoms with Crippen molar-refractivity contribution in [3.8, 4) is 0 Å². The van der Waals surface area contributed by atoms with E-state index in [1.165, 1.54) is 0 Å². The zero-order chi connectivity index (χ0) is 47.5. The molecule has 2 fully saturated rings. The van der Waals surface area contributed by atoms with Crippen LogP contribution >= 0.6 is 0 Å². The monoisotopic (exact) mass is 916 g/mol. The highest BCUT2D eigenvalue weighted by Crippen LogP contribution is 2.38. The van der Waals surface area contributed by atoms with Crippen LogP contribution in [-0.2, 0) is 52.5 Å². The van der Waals surface area contributed by atoms with Crippen LogP contribution in [0.3, 0.4) is 0 Å². The third-order valence-electron chi connectivity index (χ3n) is 11.3. The highest BCUT2D eigenvalue weighted by atomic mass is 19.4. The normalized spacial score (nSPS) is 18.2. The Kier molecular flexibility index (Phi) is 16.9. The Hall–Kier alpha value is -6.31. The van der Waals surface area contributed by atoms with Gasteiger partial charge in [-0.05, 0) is 54.5 Å². The number of nitrogens with two attached hydrogens (primary N) is 1. The van der Waals surface area contributed by atoms with E-state index in [1.807, 2.05) is 0 Å². The van der Waals surface area contributed by atoms with E-state index in [9.17, 15) is 59.9 Å². The quantitative estimate of drug-likeness (QED) is 0.0875. The van der Waals surface area contributed by atoms with Crippen LogP contribution in [-0.4, -0.2) is 83.4 Å². The Morgan fingerprint density at radius 2 is 1.46 bits per heavy atom. The minimum atomic E-state index is -5.38. The highest BCUT2D eigenvalue weighted by Gasteiger charge is 2.46. The van der Waals surface area contributed by atoms with Crippen molar-refractivity contribution >= 4 is 41.2 Å². The molecular formula is C45H50F6N6O8. The molecule has 5 atom stereocenters. The zero-order valence-corrected chi connectivity index (χ0v) is 35.3. The van der Waals surface area contributed by atoms with Crippen molar-refractivity contribution in [2.45, 2.75) is 108 Å². The number of likely N-dealkylation sites (tertiary alicyclic amines) is 1. The number of hydrogen-bond acceptors (Lipinski definition) is 8. The maximum atomic E-state index is 14.7. The fourth-order valence-corrected chi connectivity index (χ4v) is 8.01. The molecule has 3 aromatic carbocycles. The van der Waals surface area contributed by atoms with Gasteiger partial charge in [0, 0.05) is 13.0 Å². The molecule has 1 aliphatic heterocycles. The SMILES string of the molecule is CCCC(NC(=O)C1CC(OCc2ccccc2)CN1C(=O)C(NC(=O)c1ccc(C(F)(F)F)cc1C(F)(F)F)C1CCCCC1)C(=O)C(=O)NCC(=O)NC(C(N)=O)c1ccccc1. The summed E-state index contributed by atoms with van der Waals surface area (Å²) in [6.45, 7) is 0.732. The van der Waals surface area contributed by atoms with E-state index in [0.29, 0.717) is 43.4 Å². The van der Waals surface area contributed by atoms with Crippen molar-refractivity contribution < 1.29 is 64.6 Å². The maximum absolute atomic E-state index is 14.7. The molecule has 350 valence electrons. The molecule has 65 heavy (non-hydrogen) atoms. The number of amides is 6. The van der Waals surface area contributed by atoms with Crippen molar-refractivity contribution in [3.63, 3.8) is 0 Å². The molecule has 1 heterocycles. The van der Waals surface area contributed by atoms with Crippen LogP contribution in [0.1, 0.15) is 96.9 Å². The summed E-state index contributed by atoms with van der Waals surface area (Å²) in [6, 6.07) is 11.9. The molecule has 1 saturated heterocycles. The molecule has 0 aromatic heterocycles. The molecule has 14 nitrogen and oxygen atoms in total. The number of Topliss-reactive ketones (excluding diaryl/α,β-unsaturated/α-hetero) is 1. The van der Waals surface area contributed by atoms with Gasteiger partial charge in [0.1, 0.15) is 18.1 Å². The van der Waals surface area contributed by atoms with Crippen LogP contribution in [0.4, 0.5) is 26.3 Å². The number of halogens is 6. The molecular weight excluding hydrogens is 867 g/mol. The number of nitrogens with one attached hydrogen (secondary N) is 4. The molecule has 5 rings (SSSR count). The lowest BCUT2D eigenvalue weighted by atomic mass is 9.83. The first kappa shape index (κ1) is 49.7. The molecule has 20 heteroatoms. The van der Waals surface area contributed by atoms with Gasteiger partial charge >= 0.3 is 12.4 Å². The van der Waals surface area contributed by atoms with Gasteiger partial charge in [0.15, 0.2) is 0 Å². The summed E-state index contributed by atoms with van der Waals surface area (Å²) >= 11 is 0. The largest absolute Gasteiger partial charge is 0.417 e. The van der Waals surface area contributed by atoms with Gasteiger partial charge in [-0.15, -0.1) is 0 Å². The minimum Gasteiger partial charge on any atom is -0.372 e. The zero-order valence-electron chi connectivity index (χ0n) is 35.3. The minimum absolute atomic E-state index is 0.0506. The Morgan fingerprint density at radius 3 is 2.06 bits per heavy atom. The third-order valence-corrected chi connectivity index (χ3v) is 11.3. The molecule has 6 N–H and O–H groups in total. The lowest BCUT2D eigenvalue weighted by molar-refractivity contribution is -0.143. The van der Waals surface area contributed by atoms with Crippen LogP contribution in [0, 0.1) is 5.92 Å². The van der Waals surface area contributed by atoms with Crippen molar-refractivity contribution in [1.82, 2.24) is 26.2 Å². The summed E-state index contributed by atoms with van der Waals surface area (Å²) in [7, 11) is 0. The van der Waals surface area contributed by atoms with Gasteiger partial charge in [-0.1, -0.05) is 93.3 Å². The molecule has 5 unspecified atom stereocenters. The van der Waals surface area contributed by atoms with E-state index in [2.05, 4.69) is 21.3 Å². The number of carbonyl (C=O) groups is 7. The molecule has 1 aliphatic carbocycles. The lowest BCUT2D eigenvalue weighted by Crippen LogP contribution is -2.58. The first-order valence-corrected chi connectivity index (χ1v) is 21.1. The van der Waals surface area contributed by atoms with Gasteiger partial charge in [0.2, 0.25) is 29.4 Å². The standard InChI is InChI=1S/C45H50F6N6O8/c1-2-12-33(38(59)42(63)53-23-35(58)55-36(39(52)60)27-15-8-4-9-16-27)54-41(62)34-22-30(65-25-26-13-6-3-7-14-26)24-57(34)43(64)37(28-17-10-5-11-18-28)56-40(61)31-20-19-29(44(46,47)48)21-32(31)45(49,50)51/h3-4,6-9,13-16,19-21,28,30,33-34,36-37H,2,5,10-12,17-18,22-25H2,1H3,(H2,52,60)(H,53,63)(H,54,62)(H,55,58)(H,56,61). The second kappa shape index (κ2) is 22.1. The molecule has 0 spiro atoms. The van der Waals surface area contributed by atoms with E-state index >= 15 is 0 Å². The topological polar surface area (TPSA) is 206 Å². The van der Waals surface area contributed by atoms with E-state index in [0.717, 1.165) is 16.9 Å². The second-order valence-electron chi connectivity index (χ2n) is 16.0. The number of carbonyl (C=O) groups excluding carboxylic acids is 7. The summed E-state index contributed by atoms with van der Waals surface area (Å²) in [4.78, 5) is 95.1. The van der Waals surface area contributed by atoms with Crippen molar-refractivity contribution in [2.24, 2.45) is 11.7 Å². The Morgan fingerprint density at radius 1 is 0.815 bits per heavy atom. The molecule has 1 saturated carbocycles. The Balaban J connectivity index is 1.37. The number of ether oxygens (including phenoxy) is 1. The van der Waals surface area contributed by atoms with Crippen molar-refractivity contribution in [2.75, 3.05) is 13.1 Å². The number of benzene rings is 3. The van der Waals surface area contributed by atoms with Crippen LogP contribution in [0.5, 0.6) is 0 Å². The number of alkyl halides is 6. The molecule has 0 bridgehead atoms. The van der Waals surface area contributed by atoms with Crippen LogP contribution in [0.15, 0.2) is 78.9 Å². The Labute approximate surface area is 370 Å². The van der Waals surface area contributed by atoms with E-state index in [4.69, 9.17) is 10.5 Å². The van der Waals surface area contributed by atoms with Gasteiger partial charge in [0.05, 0.1) is 42.0 Å². The molecule has 2 aliphatic rings. The van der Waals surface area contributed by atoms with E-state index in [-0.39, 0.29) is 38.5 Å². The number of hydrogen-bond donors (Lipinski definition) is 5. The maximum Gasteiger partial charge on any atom is 0.417 e. The summed E-state index contributed by atoms with van der Waals surface area (Å²) in [5.41, 5.74) is 1.95. The summed E-state index contributed by atoms with van der Waals surface area (Å²) in [5, 5.41) is 9.48.